The second-order valence-corrected chi connectivity index (χ2v) is 5.12. The largest absolute Gasteiger partial charge is 0.349 e. The molecule has 1 atom stereocenters. The summed E-state index contributed by atoms with van der Waals surface area (Å²) in [4.78, 5) is 12.2. The molecule has 5 nitrogen and oxygen atoms in total. The Hall–Kier alpha value is -1.36. The van der Waals surface area contributed by atoms with Crippen LogP contribution in [0.4, 0.5) is 0 Å². The van der Waals surface area contributed by atoms with Crippen LogP contribution >= 0.6 is 0 Å². The van der Waals surface area contributed by atoms with Gasteiger partial charge < -0.3 is 10.6 Å². The summed E-state index contributed by atoms with van der Waals surface area (Å²) in [5.74, 6) is 0.568. The van der Waals surface area contributed by atoms with E-state index in [-0.39, 0.29) is 11.9 Å². The molecule has 0 bridgehead atoms. The molecule has 0 saturated carbocycles. The molecule has 1 amide bonds. The zero-order valence-electron chi connectivity index (χ0n) is 11.4. The predicted octanol–water partition coefficient (Wildman–Crippen LogP) is 0.846. The third-order valence-electron chi connectivity index (χ3n) is 3.93. The molecule has 0 spiro atoms. The highest BCUT2D eigenvalue weighted by Crippen LogP contribution is 2.16. The Morgan fingerprint density at radius 1 is 1.56 bits per heavy atom. The number of rotatable bonds is 3. The highest BCUT2D eigenvalue weighted by atomic mass is 16.1. The van der Waals surface area contributed by atoms with Gasteiger partial charge >= 0.3 is 0 Å². The summed E-state index contributed by atoms with van der Waals surface area (Å²) in [6.45, 7) is 6.12. The van der Waals surface area contributed by atoms with E-state index in [1.807, 2.05) is 14.0 Å². The lowest BCUT2D eigenvalue weighted by atomic mass is 9.91. The zero-order valence-corrected chi connectivity index (χ0v) is 11.4. The molecule has 2 heterocycles. The van der Waals surface area contributed by atoms with E-state index in [1.165, 1.54) is 0 Å². The van der Waals surface area contributed by atoms with E-state index in [0.717, 1.165) is 31.6 Å². The molecule has 100 valence electrons. The van der Waals surface area contributed by atoms with Crippen LogP contribution in [0.5, 0.6) is 0 Å². The number of carbonyl (C=O) groups excluding carboxylic acids is 1. The Kier molecular flexibility index (Phi) is 4.01. The Morgan fingerprint density at radius 2 is 2.22 bits per heavy atom. The number of hydrogen-bond acceptors (Lipinski definition) is 3. The van der Waals surface area contributed by atoms with Gasteiger partial charge in [-0.1, -0.05) is 0 Å². The van der Waals surface area contributed by atoms with E-state index in [4.69, 9.17) is 0 Å². The van der Waals surface area contributed by atoms with E-state index in [0.29, 0.717) is 11.5 Å². The molecule has 5 heteroatoms. The number of aromatic nitrogens is 2. The summed E-state index contributed by atoms with van der Waals surface area (Å²) in [6.07, 6.45) is 3.90. The molecule has 2 rings (SSSR count). The molecule has 1 aromatic rings. The second kappa shape index (κ2) is 5.52. The minimum atomic E-state index is -0.00775. The fourth-order valence-electron chi connectivity index (χ4n) is 2.47. The van der Waals surface area contributed by atoms with Crippen molar-refractivity contribution >= 4 is 5.91 Å². The van der Waals surface area contributed by atoms with Crippen molar-refractivity contribution in [1.29, 1.82) is 0 Å². The highest BCUT2D eigenvalue weighted by molar-refractivity contribution is 5.95. The van der Waals surface area contributed by atoms with Gasteiger partial charge in [0.05, 0.1) is 11.8 Å². The zero-order chi connectivity index (χ0) is 13.1. The molecule has 1 aliphatic rings. The SMILES string of the molecule is Cc1c(C(=O)NC(C)C2CCNCC2)cnn1C. The molecule has 0 aromatic carbocycles. The van der Waals surface area contributed by atoms with Gasteiger partial charge in [-0.2, -0.15) is 5.10 Å². The normalized spacial score (nSPS) is 18.6. The van der Waals surface area contributed by atoms with Crippen molar-refractivity contribution < 1.29 is 4.79 Å². The first-order chi connectivity index (χ1) is 8.59. The van der Waals surface area contributed by atoms with E-state index in [2.05, 4.69) is 22.7 Å². The van der Waals surface area contributed by atoms with Crippen molar-refractivity contribution in [2.75, 3.05) is 13.1 Å². The molecule has 1 aliphatic heterocycles. The molecule has 1 fully saturated rings. The van der Waals surface area contributed by atoms with Crippen LogP contribution in [0, 0.1) is 12.8 Å². The lowest BCUT2D eigenvalue weighted by Crippen LogP contribution is -2.42. The van der Waals surface area contributed by atoms with E-state index in [9.17, 15) is 4.79 Å². The first-order valence-corrected chi connectivity index (χ1v) is 6.59. The van der Waals surface area contributed by atoms with Crippen LogP contribution < -0.4 is 10.6 Å². The maximum atomic E-state index is 12.2. The molecule has 18 heavy (non-hydrogen) atoms. The van der Waals surface area contributed by atoms with Gasteiger partial charge in [-0.05, 0) is 45.7 Å². The second-order valence-electron chi connectivity index (χ2n) is 5.12. The number of piperidine rings is 1. The van der Waals surface area contributed by atoms with Crippen molar-refractivity contribution in [2.24, 2.45) is 13.0 Å². The summed E-state index contributed by atoms with van der Waals surface area (Å²) in [7, 11) is 1.85. The van der Waals surface area contributed by atoms with Gasteiger partial charge in [0.1, 0.15) is 0 Å². The van der Waals surface area contributed by atoms with E-state index >= 15 is 0 Å². The van der Waals surface area contributed by atoms with Crippen molar-refractivity contribution in [3.8, 4) is 0 Å². The minimum Gasteiger partial charge on any atom is -0.349 e. The Labute approximate surface area is 108 Å². The number of nitrogens with zero attached hydrogens (tertiary/aromatic N) is 2. The Bertz CT molecular complexity index is 421. The van der Waals surface area contributed by atoms with Gasteiger partial charge in [0.2, 0.25) is 0 Å². The molecule has 1 aromatic heterocycles. The molecular weight excluding hydrogens is 228 g/mol. The minimum absolute atomic E-state index is 0.00775. The van der Waals surface area contributed by atoms with Crippen LogP contribution in [0.1, 0.15) is 35.8 Å². The van der Waals surface area contributed by atoms with Gasteiger partial charge in [0.15, 0.2) is 0 Å². The number of aryl methyl sites for hydroxylation is 1. The summed E-state index contributed by atoms with van der Waals surface area (Å²) in [5.41, 5.74) is 1.59. The lowest BCUT2D eigenvalue weighted by molar-refractivity contribution is 0.0920. The summed E-state index contributed by atoms with van der Waals surface area (Å²) < 4.78 is 1.73. The fourth-order valence-corrected chi connectivity index (χ4v) is 2.47. The molecule has 2 N–H and O–H groups in total. The van der Waals surface area contributed by atoms with Gasteiger partial charge in [-0.15, -0.1) is 0 Å². The number of hydrogen-bond donors (Lipinski definition) is 2. The average molecular weight is 250 g/mol. The summed E-state index contributed by atoms with van der Waals surface area (Å²) in [6, 6.07) is 0.221. The lowest BCUT2D eigenvalue weighted by Gasteiger charge is -2.28. The van der Waals surface area contributed by atoms with Crippen molar-refractivity contribution in [2.45, 2.75) is 32.7 Å². The standard InChI is InChI=1S/C13H22N4O/c1-9(11-4-6-14-7-5-11)16-13(18)12-8-15-17(3)10(12)2/h8-9,11,14H,4-7H2,1-3H3,(H,16,18). The van der Waals surface area contributed by atoms with Crippen LogP contribution in [0.2, 0.25) is 0 Å². The summed E-state index contributed by atoms with van der Waals surface area (Å²) >= 11 is 0. The van der Waals surface area contributed by atoms with Crippen LogP contribution in [0.3, 0.4) is 0 Å². The first-order valence-electron chi connectivity index (χ1n) is 6.59. The van der Waals surface area contributed by atoms with Crippen LogP contribution in [0.25, 0.3) is 0 Å². The maximum Gasteiger partial charge on any atom is 0.254 e. The number of amides is 1. The van der Waals surface area contributed by atoms with Gasteiger partial charge in [0, 0.05) is 18.8 Å². The molecule has 0 aliphatic carbocycles. The number of carbonyl (C=O) groups is 1. The monoisotopic (exact) mass is 250 g/mol. The third kappa shape index (κ3) is 2.72. The van der Waals surface area contributed by atoms with Gasteiger partial charge in [0.25, 0.3) is 5.91 Å². The van der Waals surface area contributed by atoms with Crippen LogP contribution in [0.15, 0.2) is 6.20 Å². The topological polar surface area (TPSA) is 59.0 Å². The Balaban J connectivity index is 1.96. The number of nitrogens with one attached hydrogen (secondary N) is 2. The highest BCUT2D eigenvalue weighted by Gasteiger charge is 2.22. The molecule has 1 saturated heterocycles. The molecular formula is C13H22N4O. The van der Waals surface area contributed by atoms with Crippen LogP contribution in [-0.4, -0.2) is 34.8 Å². The Morgan fingerprint density at radius 3 is 2.78 bits per heavy atom. The first kappa shape index (κ1) is 13.1. The predicted molar refractivity (Wildman–Crippen MR) is 70.5 cm³/mol. The fraction of sp³-hybridized carbons (Fsp3) is 0.692. The van der Waals surface area contributed by atoms with Crippen molar-refractivity contribution in [1.82, 2.24) is 20.4 Å². The van der Waals surface area contributed by atoms with Crippen molar-refractivity contribution in [3.63, 3.8) is 0 Å². The molecule has 0 radical (unpaired) electrons. The van der Waals surface area contributed by atoms with Gasteiger partial charge in [-0.25, -0.2) is 0 Å². The molecule has 1 unspecified atom stereocenters. The van der Waals surface area contributed by atoms with Gasteiger partial charge in [-0.3, -0.25) is 9.48 Å². The average Bonchev–Trinajstić information content (AvgIpc) is 2.71. The van der Waals surface area contributed by atoms with Crippen molar-refractivity contribution in [3.05, 3.63) is 17.5 Å². The maximum absolute atomic E-state index is 12.2. The summed E-state index contributed by atoms with van der Waals surface area (Å²) in [5, 5.41) is 10.5. The van der Waals surface area contributed by atoms with E-state index in [1.54, 1.807) is 10.9 Å². The third-order valence-corrected chi connectivity index (χ3v) is 3.93. The van der Waals surface area contributed by atoms with E-state index < -0.39 is 0 Å². The smallest absolute Gasteiger partial charge is 0.254 e. The quantitative estimate of drug-likeness (QED) is 0.836. The van der Waals surface area contributed by atoms with Crippen LogP contribution in [-0.2, 0) is 7.05 Å².